The zero-order valence-corrected chi connectivity index (χ0v) is 16.3. The Morgan fingerprint density at radius 1 is 1.08 bits per heavy atom. The van der Waals surface area contributed by atoms with Crippen molar-refractivity contribution in [3.8, 4) is 0 Å². The number of carbonyl (C=O) groups excluding carboxylic acids is 2. The average molecular weight is 357 g/mol. The van der Waals surface area contributed by atoms with Crippen LogP contribution >= 0.6 is 0 Å². The van der Waals surface area contributed by atoms with Gasteiger partial charge in [0.2, 0.25) is 11.8 Å². The number of likely N-dealkylation sites (tertiary alicyclic amines) is 1. The lowest BCUT2D eigenvalue weighted by Gasteiger charge is -2.40. The highest BCUT2D eigenvalue weighted by Crippen LogP contribution is 2.39. The normalized spacial score (nSPS) is 24.2. The minimum Gasteiger partial charge on any atom is -0.353 e. The SMILES string of the molecule is CCc1ccc(C2CCC(C(=O)NC(C)CC)CN2C(=O)C2CC2)cc1. The summed E-state index contributed by atoms with van der Waals surface area (Å²) in [6.07, 6.45) is 5.66. The van der Waals surface area contributed by atoms with Gasteiger partial charge in [0.1, 0.15) is 0 Å². The lowest BCUT2D eigenvalue weighted by molar-refractivity contribution is -0.140. The predicted octanol–water partition coefficient (Wildman–Crippen LogP) is 3.85. The van der Waals surface area contributed by atoms with Crippen molar-refractivity contribution in [1.29, 1.82) is 0 Å². The molecule has 1 aliphatic carbocycles. The highest BCUT2D eigenvalue weighted by atomic mass is 16.2. The molecule has 2 fully saturated rings. The van der Waals surface area contributed by atoms with Crippen LogP contribution in [0.1, 0.15) is 70.0 Å². The van der Waals surface area contributed by atoms with Crippen LogP contribution in [0.3, 0.4) is 0 Å². The summed E-state index contributed by atoms with van der Waals surface area (Å²) in [7, 11) is 0. The molecule has 4 nitrogen and oxygen atoms in total. The smallest absolute Gasteiger partial charge is 0.226 e. The van der Waals surface area contributed by atoms with E-state index >= 15 is 0 Å². The Labute approximate surface area is 157 Å². The maximum absolute atomic E-state index is 12.9. The first-order chi connectivity index (χ1) is 12.5. The lowest BCUT2D eigenvalue weighted by atomic mass is 9.87. The second kappa shape index (κ2) is 8.24. The summed E-state index contributed by atoms with van der Waals surface area (Å²) < 4.78 is 0. The van der Waals surface area contributed by atoms with Crippen LogP contribution in [0.4, 0.5) is 0 Å². The van der Waals surface area contributed by atoms with Crippen molar-refractivity contribution in [2.45, 2.75) is 71.4 Å². The Bertz CT molecular complexity index is 636. The summed E-state index contributed by atoms with van der Waals surface area (Å²) in [6, 6.07) is 8.95. The second-order valence-corrected chi connectivity index (χ2v) is 7.97. The van der Waals surface area contributed by atoms with Crippen molar-refractivity contribution >= 4 is 11.8 Å². The maximum atomic E-state index is 12.9. The maximum Gasteiger partial charge on any atom is 0.226 e. The van der Waals surface area contributed by atoms with Crippen molar-refractivity contribution in [3.05, 3.63) is 35.4 Å². The first-order valence-corrected chi connectivity index (χ1v) is 10.2. The third kappa shape index (κ3) is 4.28. The van der Waals surface area contributed by atoms with Crippen LogP contribution in [0.25, 0.3) is 0 Å². The quantitative estimate of drug-likeness (QED) is 0.841. The summed E-state index contributed by atoms with van der Waals surface area (Å²) >= 11 is 0. The van der Waals surface area contributed by atoms with Crippen molar-refractivity contribution in [1.82, 2.24) is 10.2 Å². The molecule has 1 saturated carbocycles. The van der Waals surface area contributed by atoms with Crippen LogP contribution in [0, 0.1) is 11.8 Å². The molecular formula is C22H32N2O2. The fourth-order valence-electron chi connectivity index (χ4n) is 3.78. The van der Waals surface area contributed by atoms with Gasteiger partial charge in [0.05, 0.1) is 12.0 Å². The molecule has 0 bridgehead atoms. The van der Waals surface area contributed by atoms with E-state index < -0.39 is 0 Å². The van der Waals surface area contributed by atoms with E-state index in [2.05, 4.69) is 43.4 Å². The largest absolute Gasteiger partial charge is 0.353 e. The summed E-state index contributed by atoms with van der Waals surface area (Å²) in [6.45, 7) is 6.81. The number of rotatable bonds is 6. The zero-order valence-electron chi connectivity index (χ0n) is 16.3. The predicted molar refractivity (Wildman–Crippen MR) is 104 cm³/mol. The van der Waals surface area contributed by atoms with E-state index in [4.69, 9.17) is 0 Å². The Morgan fingerprint density at radius 3 is 2.31 bits per heavy atom. The summed E-state index contributed by atoms with van der Waals surface area (Å²) in [5.74, 6) is 0.449. The molecule has 142 valence electrons. The van der Waals surface area contributed by atoms with Gasteiger partial charge in [-0.05, 0) is 56.6 Å². The van der Waals surface area contributed by atoms with Gasteiger partial charge in [-0.1, -0.05) is 38.1 Å². The molecule has 3 atom stereocenters. The number of nitrogens with one attached hydrogen (secondary N) is 1. The number of carbonyl (C=O) groups is 2. The van der Waals surface area contributed by atoms with Gasteiger partial charge in [-0.3, -0.25) is 9.59 Å². The Balaban J connectivity index is 1.75. The van der Waals surface area contributed by atoms with Crippen molar-refractivity contribution in [3.63, 3.8) is 0 Å². The molecule has 1 heterocycles. The van der Waals surface area contributed by atoms with E-state index in [-0.39, 0.29) is 35.7 Å². The van der Waals surface area contributed by atoms with E-state index in [1.54, 1.807) is 0 Å². The number of benzene rings is 1. The molecular weight excluding hydrogens is 324 g/mol. The number of amides is 2. The van der Waals surface area contributed by atoms with Crippen LogP contribution in [0.5, 0.6) is 0 Å². The molecule has 26 heavy (non-hydrogen) atoms. The molecule has 2 aliphatic rings. The highest BCUT2D eigenvalue weighted by Gasteiger charge is 2.41. The molecule has 0 spiro atoms. The molecule has 1 N–H and O–H groups in total. The molecule has 1 saturated heterocycles. The number of piperidine rings is 1. The standard InChI is InChI=1S/C22H32N2O2/c1-4-15(3)23-21(25)19-12-13-20(17-8-6-16(5-2)7-9-17)24(14-19)22(26)18-10-11-18/h6-9,15,18-20H,4-5,10-14H2,1-3H3,(H,23,25). The number of aryl methyl sites for hydroxylation is 1. The molecule has 1 aromatic carbocycles. The van der Waals surface area contributed by atoms with Gasteiger partial charge in [-0.2, -0.15) is 0 Å². The summed E-state index contributed by atoms with van der Waals surface area (Å²) in [4.78, 5) is 27.5. The van der Waals surface area contributed by atoms with Crippen LogP contribution < -0.4 is 5.32 Å². The van der Waals surface area contributed by atoms with E-state index in [0.29, 0.717) is 6.54 Å². The first-order valence-electron chi connectivity index (χ1n) is 10.2. The minimum absolute atomic E-state index is 0.0853. The summed E-state index contributed by atoms with van der Waals surface area (Å²) in [5.41, 5.74) is 2.52. The zero-order chi connectivity index (χ0) is 18.7. The first kappa shape index (κ1) is 18.9. The average Bonchev–Trinajstić information content (AvgIpc) is 3.52. The van der Waals surface area contributed by atoms with E-state index in [1.165, 1.54) is 11.1 Å². The van der Waals surface area contributed by atoms with Gasteiger partial charge in [0.15, 0.2) is 0 Å². The van der Waals surface area contributed by atoms with Crippen molar-refractivity contribution in [2.75, 3.05) is 6.54 Å². The van der Waals surface area contributed by atoms with Gasteiger partial charge in [-0.15, -0.1) is 0 Å². The molecule has 1 aromatic rings. The van der Waals surface area contributed by atoms with E-state index in [9.17, 15) is 9.59 Å². The van der Waals surface area contributed by atoms with Crippen LogP contribution in [-0.4, -0.2) is 29.3 Å². The minimum atomic E-state index is -0.0853. The topological polar surface area (TPSA) is 49.4 Å². The fraction of sp³-hybridized carbons (Fsp3) is 0.636. The van der Waals surface area contributed by atoms with Gasteiger partial charge >= 0.3 is 0 Å². The van der Waals surface area contributed by atoms with Crippen LogP contribution in [0.15, 0.2) is 24.3 Å². The van der Waals surface area contributed by atoms with Gasteiger partial charge in [0.25, 0.3) is 0 Å². The van der Waals surface area contributed by atoms with Gasteiger partial charge < -0.3 is 10.2 Å². The van der Waals surface area contributed by atoms with Crippen molar-refractivity contribution in [2.24, 2.45) is 11.8 Å². The van der Waals surface area contributed by atoms with Crippen LogP contribution in [0.2, 0.25) is 0 Å². The third-order valence-corrected chi connectivity index (χ3v) is 5.94. The number of hydrogen-bond acceptors (Lipinski definition) is 2. The highest BCUT2D eigenvalue weighted by molar-refractivity contribution is 5.84. The molecule has 3 unspecified atom stereocenters. The fourth-order valence-corrected chi connectivity index (χ4v) is 3.78. The Morgan fingerprint density at radius 2 is 1.73 bits per heavy atom. The third-order valence-electron chi connectivity index (χ3n) is 5.94. The summed E-state index contributed by atoms with van der Waals surface area (Å²) in [5, 5.41) is 3.10. The van der Waals surface area contributed by atoms with Crippen LogP contribution in [-0.2, 0) is 16.0 Å². The monoisotopic (exact) mass is 356 g/mol. The number of nitrogens with zero attached hydrogens (tertiary/aromatic N) is 1. The van der Waals surface area contributed by atoms with Gasteiger partial charge in [0, 0.05) is 18.5 Å². The second-order valence-electron chi connectivity index (χ2n) is 7.97. The molecule has 1 aliphatic heterocycles. The molecule has 0 aromatic heterocycles. The van der Waals surface area contributed by atoms with E-state index in [1.807, 2.05) is 11.8 Å². The molecule has 3 rings (SSSR count). The Hall–Kier alpha value is -1.84. The van der Waals surface area contributed by atoms with Gasteiger partial charge in [-0.25, -0.2) is 0 Å². The van der Waals surface area contributed by atoms with E-state index in [0.717, 1.165) is 38.5 Å². The Kier molecular flexibility index (Phi) is 6.00. The molecule has 4 heteroatoms. The molecule has 0 radical (unpaired) electrons. The van der Waals surface area contributed by atoms with Crippen molar-refractivity contribution < 1.29 is 9.59 Å². The molecule has 2 amide bonds. The number of hydrogen-bond donors (Lipinski definition) is 1. The lowest BCUT2D eigenvalue weighted by Crippen LogP contribution is -2.48.